The van der Waals surface area contributed by atoms with Gasteiger partial charge in [0.2, 0.25) is 11.8 Å². The molecule has 2 aromatic heterocycles. The van der Waals surface area contributed by atoms with E-state index in [1.54, 1.807) is 4.90 Å². The molecule has 2 unspecified atom stereocenters. The summed E-state index contributed by atoms with van der Waals surface area (Å²) in [5.74, 6) is 7.66. The predicted molar refractivity (Wildman–Crippen MR) is 225 cm³/mol. The average molecular weight is 807 g/mol. The number of H-pyrrole nitrogens is 2. The van der Waals surface area contributed by atoms with Crippen LogP contribution in [-0.4, -0.2) is 102 Å². The van der Waals surface area contributed by atoms with E-state index in [1.807, 2.05) is 50.2 Å². The number of ether oxygens (including phenoxy) is 3. The second kappa shape index (κ2) is 20.5. The van der Waals surface area contributed by atoms with Crippen LogP contribution >= 0.6 is 0 Å². The Kier molecular flexibility index (Phi) is 14.8. The number of benzene rings is 3. The third-order valence-corrected chi connectivity index (χ3v) is 10.4. The summed E-state index contributed by atoms with van der Waals surface area (Å²) in [6.07, 6.45) is 6.62. The van der Waals surface area contributed by atoms with Gasteiger partial charge in [-0.05, 0) is 92.6 Å². The standard InChI is InChI=1S/C39H44N8O6.C5H10O/c1-23(2)34(46-39(51)53-4)37(49)47-19-7-8-31(47)36-43-28-16-13-25(21-30(28)44-36)11-10-24-12-15-27-26(20-24)14-17-29-35(27)45-32(42-29)9-5-6-18-40-33(48)22-41-38(50)52-3;1-2-4-6-5-3-1/h12-17,20-21,23,31,34H,5-9,18-19,22H2,1-4H3,(H,40,48)(H,41,50)(H,42,45)(H,43,44)(H,46,51);1-5H2. The van der Waals surface area contributed by atoms with Crippen LogP contribution in [0.4, 0.5) is 9.59 Å². The van der Waals surface area contributed by atoms with E-state index in [2.05, 4.69) is 54.6 Å². The van der Waals surface area contributed by atoms with E-state index in [-0.39, 0.29) is 30.3 Å². The van der Waals surface area contributed by atoms with Gasteiger partial charge >= 0.3 is 12.2 Å². The van der Waals surface area contributed by atoms with Crippen LogP contribution in [0.5, 0.6) is 0 Å². The number of hydrogen-bond acceptors (Lipinski definition) is 9. The number of unbranched alkanes of at least 4 members (excludes halogenated alkanes) is 1. The van der Waals surface area contributed by atoms with Gasteiger partial charge in [-0.25, -0.2) is 19.6 Å². The first-order chi connectivity index (χ1) is 28.6. The molecule has 0 aliphatic carbocycles. The fourth-order valence-electron chi connectivity index (χ4n) is 7.27. The zero-order chi connectivity index (χ0) is 41.7. The first kappa shape index (κ1) is 42.5. The van der Waals surface area contributed by atoms with Crippen LogP contribution < -0.4 is 16.0 Å². The molecule has 7 rings (SSSR count). The highest BCUT2D eigenvalue weighted by Gasteiger charge is 2.37. The molecule has 5 N–H and O–H groups in total. The fraction of sp³-hybridized carbons (Fsp3) is 0.455. The number of hydrogen-bond donors (Lipinski definition) is 5. The van der Waals surface area contributed by atoms with Crippen LogP contribution in [0.15, 0.2) is 48.5 Å². The number of likely N-dealkylation sites (tertiary alicyclic amines) is 1. The number of imidazole rings is 2. The smallest absolute Gasteiger partial charge is 0.407 e. The molecule has 15 heteroatoms. The number of rotatable bonds is 11. The summed E-state index contributed by atoms with van der Waals surface area (Å²) in [7, 11) is 2.54. The van der Waals surface area contributed by atoms with Crippen molar-refractivity contribution in [2.75, 3.05) is 47.1 Å². The van der Waals surface area contributed by atoms with Gasteiger partial charge in [-0.3, -0.25) is 9.59 Å². The van der Waals surface area contributed by atoms with Crippen molar-refractivity contribution >= 4 is 56.8 Å². The molecule has 2 fully saturated rings. The van der Waals surface area contributed by atoms with Gasteiger partial charge in [-0.2, -0.15) is 0 Å². The van der Waals surface area contributed by atoms with Gasteiger partial charge in [0.05, 0.1) is 48.9 Å². The van der Waals surface area contributed by atoms with E-state index < -0.39 is 18.2 Å². The summed E-state index contributed by atoms with van der Waals surface area (Å²) in [6, 6.07) is 15.1. The molecule has 2 atom stereocenters. The van der Waals surface area contributed by atoms with E-state index in [9.17, 15) is 19.2 Å². The van der Waals surface area contributed by atoms with Crippen molar-refractivity contribution in [2.24, 2.45) is 5.92 Å². The van der Waals surface area contributed by atoms with Gasteiger partial charge in [-0.1, -0.05) is 37.8 Å². The normalized spacial score (nSPS) is 15.5. The van der Waals surface area contributed by atoms with Crippen molar-refractivity contribution in [1.29, 1.82) is 0 Å². The molecule has 15 nitrogen and oxygen atoms in total. The Balaban J connectivity index is 0.000000894. The predicted octanol–water partition coefficient (Wildman–Crippen LogP) is 6.02. The molecule has 2 aliphatic heterocycles. The van der Waals surface area contributed by atoms with Crippen LogP contribution in [0.1, 0.15) is 87.6 Å². The lowest BCUT2D eigenvalue weighted by atomic mass is 10.0. The minimum Gasteiger partial charge on any atom is -0.453 e. The lowest BCUT2D eigenvalue weighted by Crippen LogP contribution is -2.51. The number of aromatic nitrogens is 4. The van der Waals surface area contributed by atoms with Crippen molar-refractivity contribution in [1.82, 2.24) is 40.8 Å². The molecule has 0 bridgehead atoms. The molecule has 3 aromatic carbocycles. The molecule has 2 aliphatic rings. The van der Waals surface area contributed by atoms with Crippen molar-refractivity contribution in [3.63, 3.8) is 0 Å². The Morgan fingerprint density at radius 1 is 0.864 bits per heavy atom. The SMILES string of the molecule is C1CCOCC1.COC(=O)NCC(=O)NCCCCc1nc2c(ccc3cc(C#Cc4ccc5nc(C6CCCN6C(=O)C(NC(=O)OC)C(C)C)[nH]c5c4)ccc32)[nH]1. The number of aryl methyl sites for hydroxylation is 1. The Morgan fingerprint density at radius 3 is 2.34 bits per heavy atom. The van der Waals surface area contributed by atoms with E-state index in [0.29, 0.717) is 18.9 Å². The maximum Gasteiger partial charge on any atom is 0.407 e. The second-order valence-electron chi connectivity index (χ2n) is 15.1. The van der Waals surface area contributed by atoms with Crippen LogP contribution in [0.25, 0.3) is 32.8 Å². The zero-order valence-electron chi connectivity index (χ0n) is 34.2. The van der Waals surface area contributed by atoms with E-state index in [1.165, 1.54) is 33.5 Å². The van der Waals surface area contributed by atoms with Crippen LogP contribution in [0, 0.1) is 17.8 Å². The third-order valence-electron chi connectivity index (χ3n) is 10.4. The van der Waals surface area contributed by atoms with Crippen molar-refractivity contribution in [3.8, 4) is 11.8 Å². The van der Waals surface area contributed by atoms with Gasteiger partial charge in [0.25, 0.3) is 0 Å². The van der Waals surface area contributed by atoms with Crippen LogP contribution in [0.3, 0.4) is 0 Å². The summed E-state index contributed by atoms with van der Waals surface area (Å²) >= 11 is 0. The number of nitrogens with zero attached hydrogens (tertiary/aromatic N) is 3. The molecule has 2 saturated heterocycles. The fourth-order valence-corrected chi connectivity index (χ4v) is 7.27. The molecule has 312 valence electrons. The number of amides is 4. The molecule has 0 spiro atoms. The quantitative estimate of drug-likeness (QED) is 0.0785. The Bertz CT molecular complexity index is 2310. The maximum absolute atomic E-state index is 13.5. The number of methoxy groups -OCH3 is 2. The molecule has 4 amide bonds. The molecule has 4 heterocycles. The Labute approximate surface area is 343 Å². The molecular weight excluding hydrogens is 753 g/mol. The Morgan fingerprint density at radius 2 is 1.63 bits per heavy atom. The topological polar surface area (TPSA) is 193 Å². The van der Waals surface area contributed by atoms with E-state index >= 15 is 0 Å². The lowest BCUT2D eigenvalue weighted by molar-refractivity contribution is -0.135. The number of aromatic amines is 2. The van der Waals surface area contributed by atoms with Crippen molar-refractivity contribution in [3.05, 3.63) is 71.3 Å². The Hall–Kier alpha value is -6.14. The van der Waals surface area contributed by atoms with Gasteiger partial charge in [0.1, 0.15) is 17.7 Å². The highest BCUT2D eigenvalue weighted by Crippen LogP contribution is 2.33. The highest BCUT2D eigenvalue weighted by atomic mass is 16.5. The lowest BCUT2D eigenvalue weighted by Gasteiger charge is -2.29. The van der Waals surface area contributed by atoms with Gasteiger partial charge < -0.3 is 45.0 Å². The number of carbonyl (C=O) groups excluding carboxylic acids is 4. The number of alkyl carbamates (subject to hydrolysis) is 2. The van der Waals surface area contributed by atoms with Crippen molar-refractivity contribution in [2.45, 2.75) is 77.3 Å². The second-order valence-corrected chi connectivity index (χ2v) is 15.1. The average Bonchev–Trinajstić information content (AvgIpc) is 4.02. The largest absolute Gasteiger partial charge is 0.453 e. The van der Waals surface area contributed by atoms with Crippen LogP contribution in [0.2, 0.25) is 0 Å². The summed E-state index contributed by atoms with van der Waals surface area (Å²) in [5.41, 5.74) is 5.21. The zero-order valence-corrected chi connectivity index (χ0v) is 34.2. The van der Waals surface area contributed by atoms with Gasteiger partial charge in [-0.15, -0.1) is 0 Å². The number of fused-ring (bicyclic) bond motifs is 4. The van der Waals surface area contributed by atoms with E-state index in [4.69, 9.17) is 19.4 Å². The van der Waals surface area contributed by atoms with Crippen molar-refractivity contribution < 1.29 is 33.4 Å². The summed E-state index contributed by atoms with van der Waals surface area (Å²) in [4.78, 5) is 66.7. The molecule has 0 saturated carbocycles. The summed E-state index contributed by atoms with van der Waals surface area (Å²) in [5, 5.41) is 9.90. The first-order valence-corrected chi connectivity index (χ1v) is 20.4. The minimum absolute atomic E-state index is 0.108. The number of nitrogens with one attached hydrogen (secondary N) is 5. The monoisotopic (exact) mass is 806 g/mol. The van der Waals surface area contributed by atoms with Gasteiger partial charge in [0, 0.05) is 49.2 Å². The summed E-state index contributed by atoms with van der Waals surface area (Å²) < 4.78 is 14.3. The number of carbonyl (C=O) groups is 4. The summed E-state index contributed by atoms with van der Waals surface area (Å²) in [6.45, 7) is 6.77. The first-order valence-electron chi connectivity index (χ1n) is 20.4. The maximum atomic E-state index is 13.5. The molecule has 0 radical (unpaired) electrons. The minimum atomic E-state index is -0.693. The molecular formula is C44H54N8O7. The third kappa shape index (κ3) is 11.3. The highest BCUT2D eigenvalue weighted by molar-refractivity contribution is 6.04. The van der Waals surface area contributed by atoms with Gasteiger partial charge in [0.15, 0.2) is 0 Å². The van der Waals surface area contributed by atoms with Crippen LogP contribution in [-0.2, 0) is 30.2 Å². The molecule has 5 aromatic rings. The molecule has 59 heavy (non-hydrogen) atoms. The van der Waals surface area contributed by atoms with E-state index in [0.717, 1.165) is 95.1 Å².